The first kappa shape index (κ1) is 16.6. The summed E-state index contributed by atoms with van der Waals surface area (Å²) in [4.78, 5) is 11.7. The Labute approximate surface area is 153 Å². The van der Waals surface area contributed by atoms with Gasteiger partial charge in [-0.1, -0.05) is 48.5 Å². The number of amides is 1. The van der Waals surface area contributed by atoms with E-state index < -0.39 is 5.91 Å². The molecule has 1 saturated heterocycles. The average Bonchev–Trinajstić information content (AvgIpc) is 2.68. The fourth-order valence-corrected chi connectivity index (χ4v) is 4.10. The fraction of sp³-hybridized carbons (Fsp3) is 0.227. The van der Waals surface area contributed by atoms with Crippen molar-refractivity contribution in [2.75, 3.05) is 18.8 Å². The Morgan fingerprint density at radius 3 is 2.46 bits per heavy atom. The van der Waals surface area contributed by atoms with E-state index in [1.54, 1.807) is 6.07 Å². The van der Waals surface area contributed by atoms with Gasteiger partial charge in [0.2, 0.25) is 0 Å². The number of carbonyl (C=O) groups excluding carboxylic acids is 1. The Bertz CT molecular complexity index is 974. The third-order valence-corrected chi connectivity index (χ3v) is 5.38. The zero-order valence-corrected chi connectivity index (χ0v) is 14.7. The van der Waals surface area contributed by atoms with Crippen LogP contribution in [0.25, 0.3) is 21.9 Å². The number of anilines is 1. The van der Waals surface area contributed by atoms with Crippen molar-refractivity contribution < 1.29 is 4.79 Å². The highest BCUT2D eigenvalue weighted by molar-refractivity contribution is 6.03. The van der Waals surface area contributed by atoms with Crippen LogP contribution in [0.1, 0.15) is 34.7 Å². The van der Waals surface area contributed by atoms with Crippen LogP contribution < -0.4 is 16.8 Å². The van der Waals surface area contributed by atoms with E-state index in [2.05, 4.69) is 41.7 Å². The molecule has 26 heavy (non-hydrogen) atoms. The van der Waals surface area contributed by atoms with Gasteiger partial charge in [-0.3, -0.25) is 4.79 Å². The van der Waals surface area contributed by atoms with Crippen molar-refractivity contribution in [3.8, 4) is 11.1 Å². The quantitative estimate of drug-likeness (QED) is 0.634. The number of carbonyl (C=O) groups is 1. The van der Waals surface area contributed by atoms with Crippen LogP contribution in [0.5, 0.6) is 0 Å². The van der Waals surface area contributed by atoms with Gasteiger partial charge in [0.05, 0.1) is 11.3 Å². The van der Waals surface area contributed by atoms with Crippen LogP contribution in [-0.2, 0) is 0 Å². The van der Waals surface area contributed by atoms with Crippen LogP contribution >= 0.6 is 0 Å². The lowest BCUT2D eigenvalue weighted by Crippen LogP contribution is -2.27. The highest BCUT2D eigenvalue weighted by atomic mass is 16.1. The summed E-state index contributed by atoms with van der Waals surface area (Å²) in [6, 6.07) is 18.3. The number of nitrogens with two attached hydrogens (primary N) is 2. The number of rotatable bonds is 3. The monoisotopic (exact) mass is 345 g/mol. The van der Waals surface area contributed by atoms with Gasteiger partial charge in [0.15, 0.2) is 0 Å². The largest absolute Gasteiger partial charge is 0.398 e. The Balaban J connectivity index is 1.98. The van der Waals surface area contributed by atoms with Gasteiger partial charge < -0.3 is 16.8 Å². The maximum Gasteiger partial charge on any atom is 0.250 e. The minimum Gasteiger partial charge on any atom is -0.398 e. The highest BCUT2D eigenvalue weighted by Crippen LogP contribution is 2.41. The van der Waals surface area contributed by atoms with Gasteiger partial charge in [0.1, 0.15) is 0 Å². The van der Waals surface area contributed by atoms with Gasteiger partial charge in [-0.25, -0.2) is 0 Å². The molecule has 0 bridgehead atoms. The van der Waals surface area contributed by atoms with E-state index in [0.29, 0.717) is 17.2 Å². The first-order valence-electron chi connectivity index (χ1n) is 9.08. The van der Waals surface area contributed by atoms with Gasteiger partial charge in [-0.15, -0.1) is 0 Å². The Morgan fingerprint density at radius 1 is 0.923 bits per heavy atom. The standard InChI is InChI=1S/C22H23N3O/c23-21-18(6-3-7-19(21)22(24)26)17-9-8-14-4-1-2-5-16(14)20(17)15-10-12-25-13-11-15/h1-9,15,25H,10-13,23H2,(H2,24,26). The number of fused-ring (bicyclic) bond motifs is 1. The zero-order valence-electron chi connectivity index (χ0n) is 14.7. The Kier molecular flexibility index (Phi) is 4.35. The lowest BCUT2D eigenvalue weighted by atomic mass is 9.81. The minimum absolute atomic E-state index is 0.381. The molecule has 0 unspecified atom stereocenters. The molecule has 0 radical (unpaired) electrons. The number of nitrogen functional groups attached to an aromatic ring is 1. The number of piperidine rings is 1. The van der Waals surface area contributed by atoms with Crippen LogP contribution in [-0.4, -0.2) is 19.0 Å². The first-order chi connectivity index (χ1) is 12.7. The van der Waals surface area contributed by atoms with E-state index in [1.165, 1.54) is 16.3 Å². The highest BCUT2D eigenvalue weighted by Gasteiger charge is 2.23. The maximum absolute atomic E-state index is 11.7. The molecule has 0 atom stereocenters. The lowest BCUT2D eigenvalue weighted by Gasteiger charge is -2.27. The van der Waals surface area contributed by atoms with Gasteiger partial charge in [0.25, 0.3) is 5.91 Å². The van der Waals surface area contributed by atoms with Crippen LogP contribution in [0.3, 0.4) is 0 Å². The molecule has 4 nitrogen and oxygen atoms in total. The van der Waals surface area contributed by atoms with Gasteiger partial charge in [-0.2, -0.15) is 0 Å². The lowest BCUT2D eigenvalue weighted by molar-refractivity contribution is 0.100. The van der Waals surface area contributed by atoms with Crippen LogP contribution in [0.4, 0.5) is 5.69 Å². The topological polar surface area (TPSA) is 81.1 Å². The SMILES string of the molecule is NC(=O)c1cccc(-c2ccc3ccccc3c2C2CCNCC2)c1N. The van der Waals surface area contributed by atoms with Crippen LogP contribution in [0.2, 0.25) is 0 Å². The predicted molar refractivity (Wildman–Crippen MR) is 107 cm³/mol. The van der Waals surface area contributed by atoms with Crippen molar-refractivity contribution >= 4 is 22.4 Å². The van der Waals surface area contributed by atoms with Crippen molar-refractivity contribution in [2.24, 2.45) is 5.73 Å². The summed E-state index contributed by atoms with van der Waals surface area (Å²) in [6.07, 6.45) is 2.19. The Hall–Kier alpha value is -2.85. The Morgan fingerprint density at radius 2 is 1.69 bits per heavy atom. The van der Waals surface area contributed by atoms with Gasteiger partial charge in [0, 0.05) is 5.56 Å². The molecule has 1 aliphatic heterocycles. The summed E-state index contributed by atoms with van der Waals surface area (Å²) in [5, 5.41) is 5.94. The molecular formula is C22H23N3O. The van der Waals surface area contributed by atoms with E-state index in [1.807, 2.05) is 12.1 Å². The van der Waals surface area contributed by atoms with E-state index >= 15 is 0 Å². The third kappa shape index (κ3) is 2.82. The number of nitrogens with one attached hydrogen (secondary N) is 1. The molecule has 3 aromatic carbocycles. The molecule has 0 aliphatic carbocycles. The molecule has 0 saturated carbocycles. The molecule has 4 rings (SSSR count). The summed E-state index contributed by atoms with van der Waals surface area (Å²) in [5.74, 6) is -0.0254. The van der Waals surface area contributed by atoms with Crippen molar-refractivity contribution in [1.29, 1.82) is 0 Å². The van der Waals surface area contributed by atoms with Gasteiger partial charge >= 0.3 is 0 Å². The molecular weight excluding hydrogens is 322 g/mol. The molecule has 1 amide bonds. The second kappa shape index (κ2) is 6.81. The molecule has 4 heteroatoms. The number of hydrogen-bond acceptors (Lipinski definition) is 3. The second-order valence-electron chi connectivity index (χ2n) is 6.90. The predicted octanol–water partition coefficient (Wildman–Crippen LogP) is 3.65. The molecule has 0 aromatic heterocycles. The van der Waals surface area contributed by atoms with E-state index in [4.69, 9.17) is 11.5 Å². The van der Waals surface area contributed by atoms with Crippen molar-refractivity contribution in [1.82, 2.24) is 5.32 Å². The van der Waals surface area contributed by atoms with E-state index in [-0.39, 0.29) is 0 Å². The molecule has 0 spiro atoms. The first-order valence-corrected chi connectivity index (χ1v) is 9.08. The van der Waals surface area contributed by atoms with Gasteiger partial charge in [-0.05, 0) is 59.8 Å². The van der Waals surface area contributed by atoms with Crippen LogP contribution in [0, 0.1) is 0 Å². The summed E-state index contributed by atoms with van der Waals surface area (Å²) in [6.45, 7) is 2.04. The van der Waals surface area contributed by atoms with Crippen molar-refractivity contribution in [3.63, 3.8) is 0 Å². The molecule has 1 heterocycles. The smallest absolute Gasteiger partial charge is 0.250 e. The maximum atomic E-state index is 11.7. The van der Waals surface area contributed by atoms with E-state index in [9.17, 15) is 4.79 Å². The average molecular weight is 345 g/mol. The second-order valence-corrected chi connectivity index (χ2v) is 6.90. The molecule has 3 aromatic rings. The summed E-state index contributed by atoms with van der Waals surface area (Å²) in [7, 11) is 0. The number of primary amides is 1. The molecule has 1 fully saturated rings. The summed E-state index contributed by atoms with van der Waals surface area (Å²) < 4.78 is 0. The fourth-order valence-electron chi connectivity index (χ4n) is 4.10. The summed E-state index contributed by atoms with van der Waals surface area (Å²) >= 11 is 0. The number of para-hydroxylation sites is 1. The van der Waals surface area contributed by atoms with Crippen molar-refractivity contribution in [2.45, 2.75) is 18.8 Å². The minimum atomic E-state index is -0.492. The molecule has 5 N–H and O–H groups in total. The normalized spacial score (nSPS) is 15.2. The zero-order chi connectivity index (χ0) is 18.1. The van der Waals surface area contributed by atoms with E-state index in [0.717, 1.165) is 37.1 Å². The summed E-state index contributed by atoms with van der Waals surface area (Å²) in [5.41, 5.74) is 16.0. The van der Waals surface area contributed by atoms with Crippen molar-refractivity contribution in [3.05, 3.63) is 65.7 Å². The molecule has 1 aliphatic rings. The number of benzene rings is 3. The number of hydrogen-bond donors (Lipinski definition) is 3. The van der Waals surface area contributed by atoms with Crippen LogP contribution in [0.15, 0.2) is 54.6 Å². The molecule has 132 valence electrons. The third-order valence-electron chi connectivity index (χ3n) is 5.38.